The first kappa shape index (κ1) is 9.36. The fourth-order valence-corrected chi connectivity index (χ4v) is 2.64. The molecule has 0 aromatic rings. The minimum absolute atomic E-state index is 0.588. The van der Waals surface area contributed by atoms with Crippen molar-refractivity contribution in [2.45, 2.75) is 37.8 Å². The van der Waals surface area contributed by atoms with E-state index in [2.05, 4.69) is 31.2 Å². The molecule has 66 valence electrons. The van der Waals surface area contributed by atoms with Gasteiger partial charge in [0.15, 0.2) is 0 Å². The van der Waals surface area contributed by atoms with E-state index < -0.39 is 0 Å². The van der Waals surface area contributed by atoms with Gasteiger partial charge in [0.1, 0.15) is 0 Å². The van der Waals surface area contributed by atoms with Crippen molar-refractivity contribution in [2.24, 2.45) is 0 Å². The number of hydrazine groups is 1. The molecule has 1 N–H and O–H groups in total. The Morgan fingerprint density at radius 1 is 1.55 bits per heavy atom. The van der Waals surface area contributed by atoms with Gasteiger partial charge in [-0.3, -0.25) is 0 Å². The Kier molecular flexibility index (Phi) is 3.69. The third-order valence-corrected chi connectivity index (χ3v) is 2.90. The van der Waals surface area contributed by atoms with Crippen LogP contribution in [0.4, 0.5) is 0 Å². The molecule has 2 unspecified atom stereocenters. The Morgan fingerprint density at radius 3 is 2.82 bits per heavy atom. The molecule has 0 saturated carbocycles. The second kappa shape index (κ2) is 4.33. The molecule has 1 aliphatic rings. The predicted molar refractivity (Wildman–Crippen MR) is 51.5 cm³/mol. The van der Waals surface area contributed by atoms with Crippen molar-refractivity contribution in [3.05, 3.63) is 0 Å². The average molecular weight is 174 g/mol. The van der Waals surface area contributed by atoms with Gasteiger partial charge in [0.05, 0.1) is 5.37 Å². The summed E-state index contributed by atoms with van der Waals surface area (Å²) in [5.41, 5.74) is 3.44. The Labute approximate surface area is 73.7 Å². The number of hydrogen-bond donors (Lipinski definition) is 1. The van der Waals surface area contributed by atoms with Gasteiger partial charge in [0.2, 0.25) is 0 Å². The number of nitrogens with one attached hydrogen (secondary N) is 1. The molecule has 0 radical (unpaired) electrons. The zero-order valence-electron chi connectivity index (χ0n) is 7.63. The average Bonchev–Trinajstić information content (AvgIpc) is 1.85. The second-order valence-electron chi connectivity index (χ2n) is 3.16. The van der Waals surface area contributed by atoms with E-state index in [0.29, 0.717) is 5.37 Å². The fraction of sp³-hybridized carbons (Fsp3) is 1.00. The van der Waals surface area contributed by atoms with Gasteiger partial charge in [-0.2, -0.15) is 0 Å². The quantitative estimate of drug-likeness (QED) is 0.686. The summed E-state index contributed by atoms with van der Waals surface area (Å²) >= 11 is 2.02. The van der Waals surface area contributed by atoms with Gasteiger partial charge < -0.3 is 0 Å². The predicted octanol–water partition coefficient (Wildman–Crippen LogP) is 1.68. The van der Waals surface area contributed by atoms with E-state index in [0.717, 1.165) is 5.25 Å². The SMILES string of the molecule is CCCN1CC(C)SC(C)N1. The van der Waals surface area contributed by atoms with Gasteiger partial charge in [-0.15, -0.1) is 11.8 Å². The van der Waals surface area contributed by atoms with Crippen molar-refractivity contribution >= 4 is 11.8 Å². The summed E-state index contributed by atoms with van der Waals surface area (Å²) in [6.45, 7) is 9.10. The summed E-state index contributed by atoms with van der Waals surface area (Å²) in [6.07, 6.45) is 1.23. The van der Waals surface area contributed by atoms with Gasteiger partial charge in [0, 0.05) is 18.3 Å². The minimum atomic E-state index is 0.588. The molecule has 0 bridgehead atoms. The molecule has 1 rings (SSSR count). The van der Waals surface area contributed by atoms with Gasteiger partial charge in [-0.05, 0) is 13.3 Å². The van der Waals surface area contributed by atoms with Crippen LogP contribution < -0.4 is 5.43 Å². The molecular weight excluding hydrogens is 156 g/mol. The monoisotopic (exact) mass is 174 g/mol. The molecule has 1 heterocycles. The molecule has 0 amide bonds. The molecule has 0 aromatic carbocycles. The number of nitrogens with zero attached hydrogens (tertiary/aromatic N) is 1. The molecule has 1 aliphatic heterocycles. The third kappa shape index (κ3) is 3.01. The highest BCUT2D eigenvalue weighted by atomic mass is 32.2. The zero-order valence-corrected chi connectivity index (χ0v) is 8.45. The van der Waals surface area contributed by atoms with E-state index in [4.69, 9.17) is 0 Å². The third-order valence-electron chi connectivity index (χ3n) is 1.77. The standard InChI is InChI=1S/C8H18N2S/c1-4-5-10-6-7(2)11-8(3)9-10/h7-9H,4-6H2,1-3H3. The first-order valence-corrected chi connectivity index (χ1v) is 5.33. The second-order valence-corrected chi connectivity index (χ2v) is 4.95. The first-order valence-electron chi connectivity index (χ1n) is 4.39. The van der Waals surface area contributed by atoms with Crippen LogP contribution in [0.2, 0.25) is 0 Å². The van der Waals surface area contributed by atoms with Gasteiger partial charge in [-0.25, -0.2) is 10.4 Å². The first-order chi connectivity index (χ1) is 5.22. The van der Waals surface area contributed by atoms with E-state index >= 15 is 0 Å². The van der Waals surface area contributed by atoms with Crippen molar-refractivity contribution in [2.75, 3.05) is 13.1 Å². The number of thioether (sulfide) groups is 1. The largest absolute Gasteiger partial charge is 0.242 e. The lowest BCUT2D eigenvalue weighted by atomic mass is 10.4. The summed E-state index contributed by atoms with van der Waals surface area (Å²) in [5.74, 6) is 0. The van der Waals surface area contributed by atoms with Crippen LogP contribution in [0.15, 0.2) is 0 Å². The van der Waals surface area contributed by atoms with Crippen LogP contribution >= 0.6 is 11.8 Å². The highest BCUT2D eigenvalue weighted by Gasteiger charge is 2.20. The van der Waals surface area contributed by atoms with Crippen LogP contribution in [0.5, 0.6) is 0 Å². The fourth-order valence-electron chi connectivity index (χ4n) is 1.47. The van der Waals surface area contributed by atoms with Crippen LogP contribution in [0.25, 0.3) is 0 Å². The molecule has 0 aliphatic carbocycles. The topological polar surface area (TPSA) is 15.3 Å². The molecule has 1 saturated heterocycles. The summed E-state index contributed by atoms with van der Waals surface area (Å²) in [6, 6.07) is 0. The Balaban J connectivity index is 2.30. The molecule has 0 spiro atoms. The van der Waals surface area contributed by atoms with E-state index in [1.54, 1.807) is 0 Å². The highest BCUT2D eigenvalue weighted by Crippen LogP contribution is 2.20. The molecular formula is C8H18N2S. The van der Waals surface area contributed by atoms with Crippen molar-refractivity contribution in [1.82, 2.24) is 10.4 Å². The minimum Gasteiger partial charge on any atom is -0.242 e. The lowest BCUT2D eigenvalue weighted by molar-refractivity contribution is 0.177. The molecule has 11 heavy (non-hydrogen) atoms. The van der Waals surface area contributed by atoms with E-state index in [9.17, 15) is 0 Å². The summed E-state index contributed by atoms with van der Waals surface area (Å²) < 4.78 is 0. The molecule has 2 nitrogen and oxygen atoms in total. The van der Waals surface area contributed by atoms with Crippen LogP contribution in [0.1, 0.15) is 27.2 Å². The van der Waals surface area contributed by atoms with Crippen molar-refractivity contribution in [1.29, 1.82) is 0 Å². The van der Waals surface area contributed by atoms with Gasteiger partial charge in [-0.1, -0.05) is 13.8 Å². The van der Waals surface area contributed by atoms with Crippen LogP contribution in [0.3, 0.4) is 0 Å². The maximum absolute atomic E-state index is 3.44. The Morgan fingerprint density at radius 2 is 2.27 bits per heavy atom. The van der Waals surface area contributed by atoms with Crippen LogP contribution in [-0.4, -0.2) is 28.7 Å². The molecule has 0 aromatic heterocycles. The Hall–Kier alpha value is 0.270. The van der Waals surface area contributed by atoms with Crippen molar-refractivity contribution in [3.8, 4) is 0 Å². The Bertz CT molecular complexity index is 109. The van der Waals surface area contributed by atoms with E-state index in [1.165, 1.54) is 19.5 Å². The molecule has 2 atom stereocenters. The van der Waals surface area contributed by atoms with E-state index in [1.807, 2.05) is 11.8 Å². The van der Waals surface area contributed by atoms with Crippen LogP contribution in [-0.2, 0) is 0 Å². The number of rotatable bonds is 2. The maximum Gasteiger partial charge on any atom is 0.0643 e. The molecule has 3 heteroatoms. The van der Waals surface area contributed by atoms with E-state index in [-0.39, 0.29) is 0 Å². The smallest absolute Gasteiger partial charge is 0.0643 e. The maximum atomic E-state index is 3.44. The van der Waals surface area contributed by atoms with Crippen LogP contribution in [0, 0.1) is 0 Å². The van der Waals surface area contributed by atoms with Crippen molar-refractivity contribution < 1.29 is 0 Å². The zero-order chi connectivity index (χ0) is 8.27. The lowest BCUT2D eigenvalue weighted by Crippen LogP contribution is -2.50. The normalized spacial score (nSPS) is 34.1. The summed E-state index contributed by atoms with van der Waals surface area (Å²) in [5, 5.41) is 3.70. The number of hydrogen-bond acceptors (Lipinski definition) is 3. The lowest BCUT2D eigenvalue weighted by Gasteiger charge is -2.35. The summed E-state index contributed by atoms with van der Waals surface area (Å²) in [4.78, 5) is 0. The summed E-state index contributed by atoms with van der Waals surface area (Å²) in [7, 11) is 0. The highest BCUT2D eigenvalue weighted by molar-refractivity contribution is 8.00. The van der Waals surface area contributed by atoms with Crippen molar-refractivity contribution in [3.63, 3.8) is 0 Å². The van der Waals surface area contributed by atoms with Gasteiger partial charge in [0.25, 0.3) is 0 Å². The molecule has 1 fully saturated rings. The van der Waals surface area contributed by atoms with Gasteiger partial charge >= 0.3 is 0 Å².